The molecule has 180 valence electrons. The molecule has 2 amide bonds. The molecule has 3 saturated carbocycles. The van der Waals surface area contributed by atoms with E-state index < -0.39 is 12.1 Å². The van der Waals surface area contributed by atoms with Gasteiger partial charge >= 0.3 is 12.1 Å². The van der Waals surface area contributed by atoms with Crippen LogP contribution in [0.2, 0.25) is 0 Å². The van der Waals surface area contributed by atoms with Crippen molar-refractivity contribution in [2.24, 2.45) is 29.1 Å². The predicted molar refractivity (Wildman–Crippen MR) is 126 cm³/mol. The number of carboxylic acids is 1. The van der Waals surface area contributed by atoms with E-state index in [4.69, 9.17) is 4.74 Å². The van der Waals surface area contributed by atoms with E-state index in [9.17, 15) is 19.5 Å². The first kappa shape index (κ1) is 21.0. The molecule has 2 aromatic rings. The first-order chi connectivity index (χ1) is 17.0. The Labute approximate surface area is 203 Å². The molecule has 2 unspecified atom stereocenters. The third kappa shape index (κ3) is 3.13. The molecule has 0 radical (unpaired) electrons. The fraction of sp³-hybridized carbons (Fsp3) is 0.464. The lowest BCUT2D eigenvalue weighted by Gasteiger charge is -2.25. The standard InChI is InChI=1S/C28H28N2O5/c31-25(32)24-21-12-30(13-22(21)24)26(33)28-10-15(28)9-16(11-28)29-27(34)35-14-23-19-7-3-1-5-17(19)18-6-2-4-8-20(18)23/h1-8,15-16,21-24H,9-14H2,(H,29,34)(H,31,32)/t15-,16+,21?,22?,24?,28+/m0/s1. The van der Waals surface area contributed by atoms with Gasteiger partial charge < -0.3 is 20.1 Å². The second-order valence-electron chi connectivity index (χ2n) is 11.1. The van der Waals surface area contributed by atoms with Crippen LogP contribution >= 0.6 is 0 Å². The van der Waals surface area contributed by atoms with Gasteiger partial charge in [0, 0.05) is 25.0 Å². The molecule has 2 aromatic carbocycles. The molecule has 2 N–H and O–H groups in total. The molecule has 4 aliphatic carbocycles. The summed E-state index contributed by atoms with van der Waals surface area (Å²) in [7, 11) is 0. The summed E-state index contributed by atoms with van der Waals surface area (Å²) in [5.74, 6) is -0.255. The van der Waals surface area contributed by atoms with E-state index in [1.165, 1.54) is 22.3 Å². The molecule has 35 heavy (non-hydrogen) atoms. The van der Waals surface area contributed by atoms with Gasteiger partial charge in [-0.1, -0.05) is 48.5 Å². The molecule has 5 aliphatic rings. The second-order valence-corrected chi connectivity index (χ2v) is 11.1. The fourth-order valence-corrected chi connectivity index (χ4v) is 7.45. The molecular formula is C28H28N2O5. The van der Waals surface area contributed by atoms with E-state index in [-0.39, 0.29) is 47.6 Å². The largest absolute Gasteiger partial charge is 0.481 e. The Morgan fingerprint density at radius 1 is 0.971 bits per heavy atom. The predicted octanol–water partition coefficient (Wildman–Crippen LogP) is 3.48. The smallest absolute Gasteiger partial charge is 0.407 e. The molecule has 0 aromatic heterocycles. The van der Waals surface area contributed by atoms with Crippen molar-refractivity contribution >= 4 is 18.0 Å². The van der Waals surface area contributed by atoms with Crippen LogP contribution in [0, 0.1) is 29.1 Å². The number of carbonyl (C=O) groups excluding carboxylic acids is 2. The molecule has 7 heteroatoms. The van der Waals surface area contributed by atoms with Crippen molar-refractivity contribution in [3.63, 3.8) is 0 Å². The number of amides is 2. The average molecular weight is 473 g/mol. The van der Waals surface area contributed by atoms with Crippen LogP contribution in [0.15, 0.2) is 48.5 Å². The Morgan fingerprint density at radius 2 is 1.60 bits per heavy atom. The summed E-state index contributed by atoms with van der Waals surface area (Å²) in [6.45, 7) is 1.42. The van der Waals surface area contributed by atoms with E-state index in [1.807, 2.05) is 29.2 Å². The van der Waals surface area contributed by atoms with Gasteiger partial charge in [-0.25, -0.2) is 4.79 Å². The van der Waals surface area contributed by atoms with E-state index in [0.717, 1.165) is 12.8 Å². The quantitative estimate of drug-likeness (QED) is 0.695. The minimum atomic E-state index is -0.734. The Morgan fingerprint density at radius 3 is 2.23 bits per heavy atom. The van der Waals surface area contributed by atoms with Crippen LogP contribution in [0.3, 0.4) is 0 Å². The summed E-state index contributed by atoms with van der Waals surface area (Å²) in [5.41, 5.74) is 4.39. The number of hydrogen-bond donors (Lipinski definition) is 2. The third-order valence-corrected chi connectivity index (χ3v) is 9.27. The van der Waals surface area contributed by atoms with Crippen LogP contribution in [0.1, 0.15) is 36.3 Å². The number of fused-ring (bicyclic) bond motifs is 5. The summed E-state index contributed by atoms with van der Waals surface area (Å²) in [5, 5.41) is 12.2. The number of piperidine rings is 1. The highest BCUT2D eigenvalue weighted by atomic mass is 16.5. The summed E-state index contributed by atoms with van der Waals surface area (Å²) < 4.78 is 5.70. The summed E-state index contributed by atoms with van der Waals surface area (Å²) in [6, 6.07) is 16.5. The number of carboxylic acid groups (broad SMARTS) is 1. The van der Waals surface area contributed by atoms with Crippen molar-refractivity contribution in [3.05, 3.63) is 59.7 Å². The van der Waals surface area contributed by atoms with Crippen molar-refractivity contribution in [1.29, 1.82) is 0 Å². The number of hydrogen-bond acceptors (Lipinski definition) is 4. The highest BCUT2D eigenvalue weighted by molar-refractivity contribution is 5.88. The normalized spacial score (nSPS) is 33.4. The number of nitrogens with one attached hydrogen (secondary N) is 1. The van der Waals surface area contributed by atoms with E-state index in [1.54, 1.807) is 0 Å². The van der Waals surface area contributed by atoms with Gasteiger partial charge in [0.15, 0.2) is 0 Å². The summed E-state index contributed by atoms with van der Waals surface area (Å²) in [6.07, 6.45) is 1.90. The zero-order valence-corrected chi connectivity index (χ0v) is 19.4. The Bertz CT molecular complexity index is 1200. The van der Waals surface area contributed by atoms with Crippen molar-refractivity contribution in [3.8, 4) is 11.1 Å². The van der Waals surface area contributed by atoms with Gasteiger partial charge in [-0.3, -0.25) is 9.59 Å². The number of benzene rings is 2. The topological polar surface area (TPSA) is 95.9 Å². The lowest BCUT2D eigenvalue weighted by atomic mass is 9.98. The monoisotopic (exact) mass is 472 g/mol. The van der Waals surface area contributed by atoms with Gasteiger partial charge in [0.2, 0.25) is 5.91 Å². The molecular weight excluding hydrogens is 444 g/mol. The number of rotatable bonds is 5. The van der Waals surface area contributed by atoms with Gasteiger partial charge in [0.05, 0.1) is 11.3 Å². The van der Waals surface area contributed by atoms with Crippen molar-refractivity contribution in [1.82, 2.24) is 10.2 Å². The number of ether oxygens (including phenoxy) is 1. The molecule has 0 bridgehead atoms. The molecule has 4 fully saturated rings. The number of aliphatic carboxylic acids is 1. The van der Waals surface area contributed by atoms with Crippen molar-refractivity contribution in [2.75, 3.05) is 19.7 Å². The van der Waals surface area contributed by atoms with Crippen LogP contribution in [-0.2, 0) is 14.3 Å². The molecule has 0 spiro atoms. The maximum atomic E-state index is 13.3. The van der Waals surface area contributed by atoms with Crippen LogP contribution in [0.5, 0.6) is 0 Å². The molecule has 1 saturated heterocycles. The highest BCUT2D eigenvalue weighted by Gasteiger charge is 2.68. The fourth-order valence-electron chi connectivity index (χ4n) is 7.45. The maximum Gasteiger partial charge on any atom is 0.407 e. The zero-order chi connectivity index (χ0) is 23.9. The van der Waals surface area contributed by atoms with Crippen LogP contribution in [0.4, 0.5) is 4.79 Å². The Hall–Kier alpha value is -3.35. The number of nitrogens with zero attached hydrogens (tertiary/aromatic N) is 1. The minimum Gasteiger partial charge on any atom is -0.481 e. The number of carbonyl (C=O) groups is 3. The average Bonchev–Trinajstić information content (AvgIpc) is 3.54. The van der Waals surface area contributed by atoms with Gasteiger partial charge in [-0.2, -0.15) is 0 Å². The molecule has 5 atom stereocenters. The molecule has 7 rings (SSSR count). The first-order valence-corrected chi connectivity index (χ1v) is 12.6. The van der Waals surface area contributed by atoms with E-state index >= 15 is 0 Å². The summed E-state index contributed by atoms with van der Waals surface area (Å²) in [4.78, 5) is 39.1. The first-order valence-electron chi connectivity index (χ1n) is 12.6. The molecule has 1 aliphatic heterocycles. The van der Waals surface area contributed by atoms with E-state index in [2.05, 4.69) is 29.6 Å². The zero-order valence-electron chi connectivity index (χ0n) is 19.4. The van der Waals surface area contributed by atoms with Crippen LogP contribution in [0.25, 0.3) is 11.1 Å². The van der Waals surface area contributed by atoms with Crippen molar-refractivity contribution in [2.45, 2.75) is 31.2 Å². The molecule has 1 heterocycles. The van der Waals surface area contributed by atoms with Gasteiger partial charge in [0.1, 0.15) is 6.61 Å². The number of alkyl carbamates (subject to hydrolysis) is 1. The molecule has 7 nitrogen and oxygen atoms in total. The second kappa shape index (κ2) is 7.33. The Kier molecular flexibility index (Phi) is 4.39. The Balaban J connectivity index is 0.951. The van der Waals surface area contributed by atoms with Gasteiger partial charge in [0.25, 0.3) is 0 Å². The van der Waals surface area contributed by atoms with Crippen LogP contribution < -0.4 is 5.32 Å². The minimum absolute atomic E-state index is 0.0225. The van der Waals surface area contributed by atoms with Gasteiger partial charge in [-0.15, -0.1) is 0 Å². The highest BCUT2D eigenvalue weighted by Crippen LogP contribution is 2.65. The SMILES string of the molecule is O=C(N[C@@H]1C[C@H]2C[C@@]2(C(=O)N2CC3C(C2)C3C(=O)O)C1)OCC1c2ccccc2-c2ccccc21. The van der Waals surface area contributed by atoms with Crippen molar-refractivity contribution < 1.29 is 24.2 Å². The number of likely N-dealkylation sites (tertiary alicyclic amines) is 1. The summed E-state index contributed by atoms with van der Waals surface area (Å²) >= 11 is 0. The van der Waals surface area contributed by atoms with Gasteiger partial charge in [-0.05, 0) is 59.3 Å². The third-order valence-electron chi connectivity index (χ3n) is 9.27. The lowest BCUT2D eigenvalue weighted by Crippen LogP contribution is -2.40. The van der Waals surface area contributed by atoms with Crippen LogP contribution in [-0.4, -0.2) is 53.7 Å². The lowest BCUT2D eigenvalue weighted by molar-refractivity contribution is -0.142. The maximum absolute atomic E-state index is 13.3. The van der Waals surface area contributed by atoms with E-state index in [0.29, 0.717) is 25.4 Å².